The van der Waals surface area contributed by atoms with Gasteiger partial charge >= 0.3 is 0 Å². The second-order valence-corrected chi connectivity index (χ2v) is 8.24. The maximum Gasteiger partial charge on any atom is 0.191 e. The Morgan fingerprint density at radius 1 is 1.23 bits per heavy atom. The number of guanidine groups is 1. The van der Waals surface area contributed by atoms with Crippen LogP contribution in [0, 0.1) is 5.41 Å². The zero-order valence-electron chi connectivity index (χ0n) is 15.8. The summed E-state index contributed by atoms with van der Waals surface area (Å²) < 4.78 is 17.5. The number of ether oxygens (including phenoxy) is 1. The van der Waals surface area contributed by atoms with Crippen molar-refractivity contribution in [3.05, 3.63) is 30.3 Å². The highest BCUT2D eigenvalue weighted by Gasteiger charge is 2.33. The van der Waals surface area contributed by atoms with Gasteiger partial charge in [-0.25, -0.2) is 0 Å². The van der Waals surface area contributed by atoms with Crippen LogP contribution in [-0.4, -0.2) is 49.8 Å². The first-order valence-corrected chi connectivity index (χ1v) is 10.4. The smallest absolute Gasteiger partial charge is 0.191 e. The van der Waals surface area contributed by atoms with Crippen LogP contribution in [0.25, 0.3) is 0 Å². The number of rotatable bonds is 9. The van der Waals surface area contributed by atoms with E-state index in [2.05, 4.69) is 15.6 Å². The normalized spacial score (nSPS) is 17.4. The maximum atomic E-state index is 12.2. The second kappa shape index (κ2) is 12.7. The molecule has 1 aliphatic rings. The molecule has 5 nitrogen and oxygen atoms in total. The van der Waals surface area contributed by atoms with E-state index in [9.17, 15) is 4.21 Å². The fraction of sp³-hybridized carbons (Fsp3) is 0.632. The van der Waals surface area contributed by atoms with Crippen molar-refractivity contribution in [2.75, 3.05) is 39.6 Å². The average molecular weight is 493 g/mol. The summed E-state index contributed by atoms with van der Waals surface area (Å²) in [6.07, 6.45) is 6.18. The Kier molecular flexibility index (Phi) is 11.4. The number of hydrogen-bond donors (Lipinski definition) is 2. The fourth-order valence-corrected chi connectivity index (χ4v) is 4.39. The van der Waals surface area contributed by atoms with Crippen LogP contribution in [0.3, 0.4) is 0 Å². The minimum Gasteiger partial charge on any atom is -0.385 e. The van der Waals surface area contributed by atoms with Crippen molar-refractivity contribution in [2.45, 2.75) is 37.0 Å². The van der Waals surface area contributed by atoms with Crippen molar-refractivity contribution >= 4 is 40.7 Å². The molecule has 0 aliphatic heterocycles. The highest BCUT2D eigenvalue weighted by Crippen LogP contribution is 2.40. The largest absolute Gasteiger partial charge is 0.385 e. The Hall–Kier alpha value is -0.670. The average Bonchev–Trinajstić information content (AvgIpc) is 3.12. The lowest BCUT2D eigenvalue weighted by Gasteiger charge is -2.29. The van der Waals surface area contributed by atoms with E-state index in [0.29, 0.717) is 17.7 Å². The van der Waals surface area contributed by atoms with Gasteiger partial charge in [-0.2, -0.15) is 0 Å². The quantitative estimate of drug-likeness (QED) is 0.315. The van der Waals surface area contributed by atoms with Gasteiger partial charge in [0.2, 0.25) is 0 Å². The van der Waals surface area contributed by atoms with Crippen molar-refractivity contribution in [1.29, 1.82) is 0 Å². The van der Waals surface area contributed by atoms with Gasteiger partial charge in [0.1, 0.15) is 0 Å². The van der Waals surface area contributed by atoms with Gasteiger partial charge in [0.15, 0.2) is 5.96 Å². The third-order valence-corrected chi connectivity index (χ3v) is 6.31. The molecule has 7 heteroatoms. The molecule has 1 aromatic carbocycles. The van der Waals surface area contributed by atoms with Crippen LogP contribution in [-0.2, 0) is 15.5 Å². The van der Waals surface area contributed by atoms with Crippen LogP contribution in [0.2, 0.25) is 0 Å². The molecule has 0 saturated heterocycles. The summed E-state index contributed by atoms with van der Waals surface area (Å²) in [5.41, 5.74) is 0.320. The lowest BCUT2D eigenvalue weighted by molar-refractivity contribution is 0.138. The van der Waals surface area contributed by atoms with Crippen LogP contribution >= 0.6 is 24.0 Å². The van der Waals surface area contributed by atoms with E-state index in [4.69, 9.17) is 4.74 Å². The molecular formula is C19H32IN3O2S. The van der Waals surface area contributed by atoms with Gasteiger partial charge < -0.3 is 15.4 Å². The van der Waals surface area contributed by atoms with Crippen molar-refractivity contribution < 1.29 is 8.95 Å². The summed E-state index contributed by atoms with van der Waals surface area (Å²) in [7, 11) is 2.56. The predicted octanol–water partition coefficient (Wildman–Crippen LogP) is 3.17. The Morgan fingerprint density at radius 3 is 2.54 bits per heavy atom. The number of halogens is 1. The van der Waals surface area contributed by atoms with E-state index in [0.717, 1.165) is 30.4 Å². The number of hydrogen-bond acceptors (Lipinski definition) is 3. The monoisotopic (exact) mass is 493 g/mol. The highest BCUT2D eigenvalue weighted by atomic mass is 127. The van der Waals surface area contributed by atoms with E-state index in [-0.39, 0.29) is 24.0 Å². The number of nitrogens with one attached hydrogen (secondary N) is 2. The first kappa shape index (κ1) is 23.4. The molecule has 1 aromatic rings. The molecule has 0 aromatic heterocycles. The summed E-state index contributed by atoms with van der Waals surface area (Å²) in [4.78, 5) is 5.17. The molecule has 2 N–H and O–H groups in total. The number of aliphatic imine (C=N–C) groups is 1. The van der Waals surface area contributed by atoms with E-state index < -0.39 is 10.8 Å². The molecule has 2 rings (SSSR count). The predicted molar refractivity (Wildman–Crippen MR) is 120 cm³/mol. The standard InChI is InChI=1S/C19H31N3O2S.HI/c1-20-18(21-13-15-25(23)17-8-4-3-5-9-17)22-16-19(12-14-24-2)10-6-7-11-19;/h3-5,8-9H,6-7,10-16H2,1-2H3,(H2,20,21,22);1H. The van der Waals surface area contributed by atoms with Crippen molar-refractivity contribution in [3.8, 4) is 0 Å². The van der Waals surface area contributed by atoms with Gasteiger partial charge in [-0.05, 0) is 36.8 Å². The Morgan fingerprint density at radius 2 is 1.92 bits per heavy atom. The minimum absolute atomic E-state index is 0. The lowest BCUT2D eigenvalue weighted by Crippen LogP contribution is -2.44. The number of methoxy groups -OCH3 is 1. The SMILES string of the molecule is CN=C(NCCS(=O)c1ccccc1)NCC1(CCOC)CCCC1.I. The molecule has 1 saturated carbocycles. The molecular weight excluding hydrogens is 461 g/mol. The Bertz CT molecular complexity index is 563. The molecule has 148 valence electrons. The van der Waals surface area contributed by atoms with E-state index in [1.165, 1.54) is 25.7 Å². The van der Waals surface area contributed by atoms with E-state index in [1.54, 1.807) is 14.2 Å². The third kappa shape index (κ3) is 7.52. The van der Waals surface area contributed by atoms with Crippen LogP contribution in [0.4, 0.5) is 0 Å². The van der Waals surface area contributed by atoms with E-state index in [1.807, 2.05) is 30.3 Å². The van der Waals surface area contributed by atoms with Gasteiger partial charge in [0.05, 0.1) is 10.8 Å². The molecule has 1 unspecified atom stereocenters. The molecule has 1 atom stereocenters. The molecule has 26 heavy (non-hydrogen) atoms. The molecule has 0 radical (unpaired) electrons. The van der Waals surface area contributed by atoms with Crippen LogP contribution in [0.5, 0.6) is 0 Å². The van der Waals surface area contributed by atoms with Gasteiger partial charge in [0, 0.05) is 44.5 Å². The van der Waals surface area contributed by atoms with Crippen molar-refractivity contribution in [3.63, 3.8) is 0 Å². The lowest BCUT2D eigenvalue weighted by atomic mass is 9.83. The maximum absolute atomic E-state index is 12.2. The number of nitrogens with zero attached hydrogens (tertiary/aromatic N) is 1. The summed E-state index contributed by atoms with van der Waals surface area (Å²) >= 11 is 0. The zero-order chi connectivity index (χ0) is 18.0. The molecule has 0 spiro atoms. The molecule has 1 aliphatic carbocycles. The summed E-state index contributed by atoms with van der Waals surface area (Å²) in [5, 5.41) is 6.74. The van der Waals surface area contributed by atoms with E-state index >= 15 is 0 Å². The van der Waals surface area contributed by atoms with Crippen LogP contribution in [0.15, 0.2) is 40.2 Å². The van der Waals surface area contributed by atoms with Gasteiger partial charge in [-0.1, -0.05) is 31.0 Å². The zero-order valence-corrected chi connectivity index (χ0v) is 19.0. The van der Waals surface area contributed by atoms with Crippen molar-refractivity contribution in [1.82, 2.24) is 10.6 Å². The molecule has 0 bridgehead atoms. The van der Waals surface area contributed by atoms with Crippen molar-refractivity contribution in [2.24, 2.45) is 10.4 Å². The number of benzene rings is 1. The topological polar surface area (TPSA) is 62.7 Å². The second-order valence-electron chi connectivity index (χ2n) is 6.67. The summed E-state index contributed by atoms with van der Waals surface area (Å²) in [5.74, 6) is 1.35. The van der Waals surface area contributed by atoms with Crippen LogP contribution in [0.1, 0.15) is 32.1 Å². The molecule has 0 amide bonds. The highest BCUT2D eigenvalue weighted by molar-refractivity contribution is 14.0. The van der Waals surface area contributed by atoms with Crippen LogP contribution < -0.4 is 10.6 Å². The fourth-order valence-electron chi connectivity index (χ4n) is 3.40. The minimum atomic E-state index is -0.982. The first-order valence-electron chi connectivity index (χ1n) is 9.06. The Balaban J connectivity index is 0.00000338. The first-order chi connectivity index (χ1) is 12.2. The molecule has 0 heterocycles. The summed E-state index contributed by atoms with van der Waals surface area (Å²) in [6.45, 7) is 2.35. The Labute approximate surface area is 177 Å². The van der Waals surface area contributed by atoms with Gasteiger partial charge in [-0.3, -0.25) is 9.20 Å². The van der Waals surface area contributed by atoms with Gasteiger partial charge in [0.25, 0.3) is 0 Å². The molecule has 1 fully saturated rings. The summed E-state index contributed by atoms with van der Waals surface area (Å²) in [6, 6.07) is 9.59. The third-order valence-electron chi connectivity index (χ3n) is 4.94. The van der Waals surface area contributed by atoms with Gasteiger partial charge in [-0.15, -0.1) is 24.0 Å².